The van der Waals surface area contributed by atoms with E-state index in [0.29, 0.717) is 5.11 Å². The van der Waals surface area contributed by atoms with E-state index in [0.717, 1.165) is 23.4 Å². The molecular formula is C21H28N4S. The van der Waals surface area contributed by atoms with E-state index in [-0.39, 0.29) is 0 Å². The summed E-state index contributed by atoms with van der Waals surface area (Å²) in [7, 11) is 2.12. The summed E-state index contributed by atoms with van der Waals surface area (Å²) in [6.07, 6.45) is 4.18. The van der Waals surface area contributed by atoms with E-state index in [9.17, 15) is 0 Å². The number of aryl methyl sites for hydroxylation is 2. The summed E-state index contributed by atoms with van der Waals surface area (Å²) in [6.45, 7) is 7.39. The highest BCUT2D eigenvalue weighted by molar-refractivity contribution is 7.80. The zero-order chi connectivity index (χ0) is 18.9. The molecular weight excluding hydrogens is 340 g/mol. The summed E-state index contributed by atoms with van der Waals surface area (Å²) in [5, 5.41) is 7.88. The van der Waals surface area contributed by atoms with Crippen molar-refractivity contribution in [1.29, 1.82) is 0 Å². The minimum atomic E-state index is 0.478. The largest absolute Gasteiger partial charge is 0.375 e. The van der Waals surface area contributed by atoms with Crippen molar-refractivity contribution in [2.45, 2.75) is 33.6 Å². The van der Waals surface area contributed by atoms with Gasteiger partial charge in [0.05, 0.1) is 6.21 Å². The molecule has 0 unspecified atom stereocenters. The molecule has 0 saturated heterocycles. The van der Waals surface area contributed by atoms with Crippen LogP contribution in [0.3, 0.4) is 0 Å². The van der Waals surface area contributed by atoms with Gasteiger partial charge in [0.2, 0.25) is 0 Å². The first-order valence-corrected chi connectivity index (χ1v) is 9.39. The number of hydrogen-bond acceptors (Lipinski definition) is 3. The molecule has 5 heteroatoms. The maximum absolute atomic E-state index is 5.31. The average Bonchev–Trinajstić information content (AvgIpc) is 2.63. The predicted octanol–water partition coefficient (Wildman–Crippen LogP) is 4.86. The van der Waals surface area contributed by atoms with Crippen LogP contribution in [-0.2, 0) is 0 Å². The first kappa shape index (κ1) is 19.9. The monoisotopic (exact) mass is 368 g/mol. The molecule has 0 atom stereocenters. The van der Waals surface area contributed by atoms with Crippen molar-refractivity contribution in [3.63, 3.8) is 0 Å². The van der Waals surface area contributed by atoms with Crippen LogP contribution in [0.25, 0.3) is 0 Å². The average molecular weight is 369 g/mol. The lowest BCUT2D eigenvalue weighted by molar-refractivity contribution is 0.767. The minimum absolute atomic E-state index is 0.478. The summed E-state index contributed by atoms with van der Waals surface area (Å²) in [5.41, 5.74) is 8.45. The molecule has 26 heavy (non-hydrogen) atoms. The second-order valence-corrected chi connectivity index (χ2v) is 6.92. The zero-order valence-electron chi connectivity index (χ0n) is 16.0. The predicted molar refractivity (Wildman–Crippen MR) is 117 cm³/mol. The van der Waals surface area contributed by atoms with Gasteiger partial charge in [-0.3, -0.25) is 5.43 Å². The Labute approximate surface area is 162 Å². The Morgan fingerprint density at radius 2 is 1.88 bits per heavy atom. The highest BCUT2D eigenvalue weighted by atomic mass is 32.1. The van der Waals surface area contributed by atoms with Gasteiger partial charge in [-0.25, -0.2) is 0 Å². The Balaban J connectivity index is 1.87. The topological polar surface area (TPSA) is 39.7 Å². The molecule has 4 nitrogen and oxygen atoms in total. The highest BCUT2D eigenvalue weighted by Crippen LogP contribution is 2.16. The van der Waals surface area contributed by atoms with Crippen LogP contribution < -0.4 is 15.6 Å². The molecule has 2 aromatic rings. The number of nitrogens with one attached hydrogen (secondary N) is 2. The molecule has 0 heterocycles. The van der Waals surface area contributed by atoms with E-state index in [1.165, 1.54) is 24.1 Å². The number of benzene rings is 2. The molecule has 2 N–H and O–H groups in total. The number of thiocarbonyl (C=S) groups is 1. The summed E-state index contributed by atoms with van der Waals surface area (Å²) >= 11 is 5.31. The van der Waals surface area contributed by atoms with Crippen molar-refractivity contribution >= 4 is 34.9 Å². The lowest BCUT2D eigenvalue weighted by Crippen LogP contribution is -2.24. The first-order chi connectivity index (χ1) is 12.5. The van der Waals surface area contributed by atoms with Gasteiger partial charge in [-0.1, -0.05) is 37.6 Å². The van der Waals surface area contributed by atoms with Crippen molar-refractivity contribution < 1.29 is 0 Å². The van der Waals surface area contributed by atoms with Gasteiger partial charge in [0.15, 0.2) is 5.11 Å². The molecule has 0 spiro atoms. The molecule has 2 aromatic carbocycles. The van der Waals surface area contributed by atoms with E-state index in [1.807, 2.05) is 6.92 Å². The Bertz CT molecular complexity index is 753. The number of unbranched alkanes of at least 4 members (excludes halogenated alkanes) is 1. The standard InChI is InChI=1S/C21H28N4S/c1-5-6-13-25(4)19-11-9-18(10-12-19)15-22-24-21(26)23-20-14-16(2)7-8-17(20)3/h7-12,14-15H,5-6,13H2,1-4H3,(H2,23,24,26)/b22-15-. The van der Waals surface area contributed by atoms with Crippen LogP contribution in [0.2, 0.25) is 0 Å². The lowest BCUT2D eigenvalue weighted by atomic mass is 10.1. The smallest absolute Gasteiger partial charge is 0.191 e. The van der Waals surface area contributed by atoms with E-state index in [2.05, 4.69) is 84.1 Å². The van der Waals surface area contributed by atoms with Crippen LogP contribution in [0.15, 0.2) is 47.6 Å². The molecule has 0 aromatic heterocycles. The number of hydrazone groups is 1. The molecule has 2 rings (SSSR count). The zero-order valence-corrected chi connectivity index (χ0v) is 16.9. The van der Waals surface area contributed by atoms with Crippen LogP contribution in [0.4, 0.5) is 11.4 Å². The maximum Gasteiger partial charge on any atom is 0.191 e. The molecule has 138 valence electrons. The summed E-state index contributed by atoms with van der Waals surface area (Å²) in [5.74, 6) is 0. The molecule has 0 aliphatic rings. The Morgan fingerprint density at radius 3 is 2.58 bits per heavy atom. The second-order valence-electron chi connectivity index (χ2n) is 6.51. The maximum atomic E-state index is 5.31. The van der Waals surface area contributed by atoms with Gasteiger partial charge in [-0.05, 0) is 67.4 Å². The van der Waals surface area contributed by atoms with Crippen molar-refractivity contribution in [2.24, 2.45) is 5.10 Å². The summed E-state index contributed by atoms with van der Waals surface area (Å²) in [4.78, 5) is 2.27. The molecule has 0 fully saturated rings. The van der Waals surface area contributed by atoms with Crippen LogP contribution >= 0.6 is 12.2 Å². The van der Waals surface area contributed by atoms with Crippen molar-refractivity contribution in [1.82, 2.24) is 5.43 Å². The first-order valence-electron chi connectivity index (χ1n) is 8.98. The SMILES string of the molecule is CCCCN(C)c1ccc(/C=N\NC(=S)Nc2cc(C)ccc2C)cc1. The fourth-order valence-electron chi connectivity index (χ4n) is 2.53. The third kappa shape index (κ3) is 6.15. The van der Waals surface area contributed by atoms with Crippen LogP contribution in [-0.4, -0.2) is 24.9 Å². The van der Waals surface area contributed by atoms with Crippen molar-refractivity contribution in [3.05, 3.63) is 59.2 Å². The van der Waals surface area contributed by atoms with E-state index in [1.54, 1.807) is 6.21 Å². The van der Waals surface area contributed by atoms with E-state index >= 15 is 0 Å². The molecule has 0 radical (unpaired) electrons. The number of anilines is 2. The number of rotatable bonds is 7. The van der Waals surface area contributed by atoms with Crippen LogP contribution in [0.1, 0.15) is 36.5 Å². The Hall–Kier alpha value is -2.40. The molecule has 0 saturated carbocycles. The van der Waals surface area contributed by atoms with Gasteiger partial charge in [0, 0.05) is 25.0 Å². The fraction of sp³-hybridized carbons (Fsp3) is 0.333. The second kappa shape index (κ2) is 9.92. The van der Waals surface area contributed by atoms with Gasteiger partial charge in [-0.2, -0.15) is 5.10 Å². The minimum Gasteiger partial charge on any atom is -0.375 e. The highest BCUT2D eigenvalue weighted by Gasteiger charge is 2.01. The molecule has 0 bridgehead atoms. The fourth-order valence-corrected chi connectivity index (χ4v) is 2.69. The molecule has 0 amide bonds. The van der Waals surface area contributed by atoms with Gasteiger partial charge in [-0.15, -0.1) is 0 Å². The van der Waals surface area contributed by atoms with Crippen LogP contribution in [0.5, 0.6) is 0 Å². The Kier molecular flexibility index (Phi) is 7.60. The third-order valence-corrected chi connectivity index (χ3v) is 4.40. The number of nitrogens with zero attached hydrogens (tertiary/aromatic N) is 2. The lowest BCUT2D eigenvalue weighted by Gasteiger charge is -2.18. The summed E-state index contributed by atoms with van der Waals surface area (Å²) < 4.78 is 0. The van der Waals surface area contributed by atoms with Crippen molar-refractivity contribution in [2.75, 3.05) is 23.8 Å². The molecule has 0 aliphatic heterocycles. The summed E-state index contributed by atoms with van der Waals surface area (Å²) in [6, 6.07) is 14.6. The van der Waals surface area contributed by atoms with Gasteiger partial charge >= 0.3 is 0 Å². The van der Waals surface area contributed by atoms with Gasteiger partial charge in [0.1, 0.15) is 0 Å². The number of hydrogen-bond donors (Lipinski definition) is 2. The van der Waals surface area contributed by atoms with Gasteiger partial charge < -0.3 is 10.2 Å². The normalized spacial score (nSPS) is 10.8. The van der Waals surface area contributed by atoms with E-state index < -0.39 is 0 Å². The van der Waals surface area contributed by atoms with Gasteiger partial charge in [0.25, 0.3) is 0 Å². The third-order valence-electron chi connectivity index (χ3n) is 4.20. The van der Waals surface area contributed by atoms with Crippen LogP contribution in [0, 0.1) is 13.8 Å². The molecule has 0 aliphatic carbocycles. The Morgan fingerprint density at radius 1 is 1.15 bits per heavy atom. The van der Waals surface area contributed by atoms with Crippen molar-refractivity contribution in [3.8, 4) is 0 Å². The van der Waals surface area contributed by atoms with E-state index in [4.69, 9.17) is 12.2 Å². The quantitative estimate of drug-likeness (QED) is 0.416.